The van der Waals surface area contributed by atoms with Crippen LogP contribution in [0.5, 0.6) is 11.5 Å². The predicted molar refractivity (Wildman–Crippen MR) is 112 cm³/mol. The molecule has 0 bridgehead atoms. The lowest BCUT2D eigenvalue weighted by molar-refractivity contribution is -0.139. The molecule has 1 saturated heterocycles. The molecule has 0 radical (unpaired) electrons. The zero-order valence-electron chi connectivity index (χ0n) is 17.7. The minimum absolute atomic E-state index is 0.0383. The first-order chi connectivity index (χ1) is 14.4. The summed E-state index contributed by atoms with van der Waals surface area (Å²) >= 11 is 0. The minimum atomic E-state index is -0.238. The average molecular weight is 416 g/mol. The Bertz CT molecular complexity index is 859. The number of rotatable bonds is 7. The van der Waals surface area contributed by atoms with Crippen LogP contribution in [0.1, 0.15) is 25.0 Å². The van der Waals surface area contributed by atoms with Crippen LogP contribution in [0.2, 0.25) is 0 Å². The monoisotopic (exact) mass is 416 g/mol. The summed E-state index contributed by atoms with van der Waals surface area (Å²) in [6.45, 7) is 6.00. The molecule has 2 aromatic carbocycles. The fourth-order valence-corrected chi connectivity index (χ4v) is 3.74. The van der Waals surface area contributed by atoms with Crippen LogP contribution in [0.15, 0.2) is 42.5 Å². The van der Waals surface area contributed by atoms with E-state index in [-0.39, 0.29) is 37.0 Å². The Hall–Kier alpha value is -2.64. The molecular weight excluding hydrogens is 387 g/mol. The number of carbonyl (C=O) groups excluding carboxylic acids is 1. The number of benzene rings is 2. The minimum Gasteiger partial charge on any atom is -0.493 e. The first kappa shape index (κ1) is 22.1. The molecule has 0 spiro atoms. The maximum absolute atomic E-state index is 13.1. The highest BCUT2D eigenvalue weighted by Gasteiger charge is 2.32. The number of aliphatic hydroxyl groups is 1. The highest BCUT2D eigenvalue weighted by molar-refractivity contribution is 5.78. The van der Waals surface area contributed by atoms with Crippen LogP contribution in [-0.4, -0.2) is 59.7 Å². The molecule has 1 amide bonds. The van der Waals surface area contributed by atoms with Crippen LogP contribution in [0.4, 0.5) is 4.39 Å². The van der Waals surface area contributed by atoms with Gasteiger partial charge in [0.2, 0.25) is 0 Å². The van der Waals surface area contributed by atoms with E-state index in [4.69, 9.17) is 9.47 Å². The second-order valence-corrected chi connectivity index (χ2v) is 7.73. The molecular formula is C23H29FN2O4. The smallest absolute Gasteiger partial charge is 0.260 e. The van der Waals surface area contributed by atoms with Crippen LogP contribution < -0.4 is 9.47 Å². The molecule has 0 aliphatic carbocycles. The number of ether oxygens (including phenoxy) is 2. The Morgan fingerprint density at radius 3 is 2.43 bits per heavy atom. The molecule has 30 heavy (non-hydrogen) atoms. The number of piperazine rings is 1. The Morgan fingerprint density at radius 2 is 1.77 bits per heavy atom. The van der Waals surface area contributed by atoms with Crippen molar-refractivity contribution in [3.63, 3.8) is 0 Å². The first-order valence-corrected chi connectivity index (χ1v) is 10.1. The second kappa shape index (κ2) is 9.91. The summed E-state index contributed by atoms with van der Waals surface area (Å²) in [6, 6.07) is 11.9. The molecule has 6 nitrogen and oxygen atoms in total. The maximum atomic E-state index is 13.1. The van der Waals surface area contributed by atoms with Crippen molar-refractivity contribution < 1.29 is 23.8 Å². The molecule has 0 unspecified atom stereocenters. The van der Waals surface area contributed by atoms with Crippen molar-refractivity contribution in [3.8, 4) is 11.5 Å². The van der Waals surface area contributed by atoms with Gasteiger partial charge in [-0.2, -0.15) is 0 Å². The van der Waals surface area contributed by atoms with E-state index < -0.39 is 0 Å². The van der Waals surface area contributed by atoms with Gasteiger partial charge in [-0.15, -0.1) is 0 Å². The van der Waals surface area contributed by atoms with Gasteiger partial charge in [0.15, 0.2) is 18.1 Å². The van der Waals surface area contributed by atoms with Gasteiger partial charge in [0.05, 0.1) is 13.7 Å². The van der Waals surface area contributed by atoms with Crippen molar-refractivity contribution in [2.75, 3.05) is 26.8 Å². The molecule has 0 aromatic heterocycles. The van der Waals surface area contributed by atoms with Crippen LogP contribution in [0, 0.1) is 5.82 Å². The lowest BCUT2D eigenvalue weighted by Gasteiger charge is -2.44. The fourth-order valence-electron chi connectivity index (χ4n) is 3.74. The average Bonchev–Trinajstić information content (AvgIpc) is 2.75. The SMILES string of the molecule is COc1cc(CO)ccc1OCC(=O)N1C[C@H](C)N(Cc2ccc(F)cc2)C[C@H]1C. The topological polar surface area (TPSA) is 62.2 Å². The molecule has 7 heteroatoms. The van der Waals surface area contributed by atoms with E-state index in [1.54, 1.807) is 30.3 Å². The summed E-state index contributed by atoms with van der Waals surface area (Å²) in [5.74, 6) is 0.640. The fraction of sp³-hybridized carbons (Fsp3) is 0.435. The molecule has 1 fully saturated rings. The quantitative estimate of drug-likeness (QED) is 0.752. The first-order valence-electron chi connectivity index (χ1n) is 10.1. The summed E-state index contributed by atoms with van der Waals surface area (Å²) in [5, 5.41) is 9.24. The van der Waals surface area contributed by atoms with E-state index in [9.17, 15) is 14.3 Å². The van der Waals surface area contributed by atoms with Crippen molar-refractivity contribution in [1.29, 1.82) is 0 Å². The van der Waals surface area contributed by atoms with Crippen LogP contribution in [-0.2, 0) is 17.9 Å². The van der Waals surface area contributed by atoms with Gasteiger partial charge in [-0.25, -0.2) is 4.39 Å². The molecule has 0 saturated carbocycles. The third-order valence-corrected chi connectivity index (χ3v) is 5.50. The number of hydrogen-bond acceptors (Lipinski definition) is 5. The van der Waals surface area contributed by atoms with E-state index in [1.807, 2.05) is 11.8 Å². The molecule has 1 N–H and O–H groups in total. The Labute approximate surface area is 176 Å². The van der Waals surface area contributed by atoms with E-state index in [0.717, 1.165) is 18.7 Å². The van der Waals surface area contributed by atoms with Crippen LogP contribution in [0.25, 0.3) is 0 Å². The summed E-state index contributed by atoms with van der Waals surface area (Å²) < 4.78 is 24.1. The molecule has 1 aliphatic rings. The molecule has 2 atom stereocenters. The van der Waals surface area contributed by atoms with Gasteiger partial charge < -0.3 is 19.5 Å². The molecule has 3 rings (SSSR count). The highest BCUT2D eigenvalue weighted by atomic mass is 19.1. The standard InChI is InChI=1S/C23H29FN2O4/c1-16-12-26(17(2)11-25(16)13-18-4-7-20(24)8-5-18)23(28)15-30-21-9-6-19(14-27)10-22(21)29-3/h4-10,16-17,27H,11-15H2,1-3H3/t16-,17+/m0/s1. The number of halogens is 1. The summed E-state index contributed by atoms with van der Waals surface area (Å²) in [4.78, 5) is 17.0. The zero-order valence-corrected chi connectivity index (χ0v) is 17.7. The van der Waals surface area contributed by atoms with Gasteiger partial charge in [-0.1, -0.05) is 18.2 Å². The summed E-state index contributed by atoms with van der Waals surface area (Å²) in [7, 11) is 1.52. The van der Waals surface area contributed by atoms with Gasteiger partial charge in [0.25, 0.3) is 5.91 Å². The van der Waals surface area contributed by atoms with Crippen molar-refractivity contribution >= 4 is 5.91 Å². The number of amides is 1. The molecule has 162 valence electrons. The van der Waals surface area contributed by atoms with Crippen molar-refractivity contribution in [3.05, 3.63) is 59.4 Å². The van der Waals surface area contributed by atoms with Crippen molar-refractivity contribution in [1.82, 2.24) is 9.80 Å². The van der Waals surface area contributed by atoms with Crippen LogP contribution >= 0.6 is 0 Å². The summed E-state index contributed by atoms with van der Waals surface area (Å²) in [5.41, 5.74) is 1.77. The van der Waals surface area contributed by atoms with E-state index in [0.29, 0.717) is 23.6 Å². The number of hydrogen-bond donors (Lipinski definition) is 1. The van der Waals surface area contributed by atoms with Crippen LogP contribution in [0.3, 0.4) is 0 Å². The Balaban J connectivity index is 1.58. The number of aliphatic hydroxyl groups excluding tert-OH is 1. The normalized spacial score (nSPS) is 19.6. The number of nitrogens with zero attached hydrogens (tertiary/aromatic N) is 2. The maximum Gasteiger partial charge on any atom is 0.260 e. The third kappa shape index (κ3) is 5.29. The van der Waals surface area contributed by atoms with Gasteiger partial charge in [0, 0.05) is 31.7 Å². The Kier molecular flexibility index (Phi) is 7.29. The van der Waals surface area contributed by atoms with Crippen molar-refractivity contribution in [2.24, 2.45) is 0 Å². The largest absolute Gasteiger partial charge is 0.493 e. The van der Waals surface area contributed by atoms with E-state index in [2.05, 4.69) is 11.8 Å². The highest BCUT2D eigenvalue weighted by Crippen LogP contribution is 2.28. The van der Waals surface area contributed by atoms with Gasteiger partial charge >= 0.3 is 0 Å². The zero-order chi connectivity index (χ0) is 21.7. The molecule has 1 heterocycles. The van der Waals surface area contributed by atoms with Gasteiger partial charge in [0.1, 0.15) is 5.82 Å². The van der Waals surface area contributed by atoms with Gasteiger partial charge in [-0.05, 0) is 49.2 Å². The van der Waals surface area contributed by atoms with E-state index >= 15 is 0 Å². The predicted octanol–water partition coefficient (Wildman–Crippen LogP) is 2.83. The lowest BCUT2D eigenvalue weighted by Crippen LogP contribution is -2.58. The third-order valence-electron chi connectivity index (χ3n) is 5.50. The van der Waals surface area contributed by atoms with Crippen molar-refractivity contribution in [2.45, 2.75) is 39.1 Å². The second-order valence-electron chi connectivity index (χ2n) is 7.73. The van der Waals surface area contributed by atoms with Gasteiger partial charge in [-0.3, -0.25) is 9.69 Å². The summed E-state index contributed by atoms with van der Waals surface area (Å²) in [6.07, 6.45) is 0. The lowest BCUT2D eigenvalue weighted by atomic mass is 10.1. The number of carbonyl (C=O) groups is 1. The Morgan fingerprint density at radius 1 is 1.07 bits per heavy atom. The van der Waals surface area contributed by atoms with E-state index in [1.165, 1.54) is 19.2 Å². The molecule has 1 aliphatic heterocycles. The number of methoxy groups -OCH3 is 1. The molecule has 2 aromatic rings.